The summed E-state index contributed by atoms with van der Waals surface area (Å²) in [5.74, 6) is 0. The van der Waals surface area contributed by atoms with Crippen molar-refractivity contribution in [2.45, 2.75) is 25.7 Å². The van der Waals surface area contributed by atoms with Crippen LogP contribution in [0.5, 0.6) is 0 Å². The molecule has 0 atom stereocenters. The molecule has 2 aliphatic carbocycles. The fourth-order valence-corrected chi connectivity index (χ4v) is 8.10. The van der Waals surface area contributed by atoms with Crippen LogP contribution in [0.3, 0.4) is 0 Å². The van der Waals surface area contributed by atoms with Gasteiger partial charge in [0, 0.05) is 34.1 Å². The van der Waals surface area contributed by atoms with Crippen LogP contribution in [-0.2, 0) is 25.7 Å². The van der Waals surface area contributed by atoms with Crippen LogP contribution in [0.25, 0.3) is 33.0 Å². The van der Waals surface area contributed by atoms with E-state index in [1.807, 2.05) is 0 Å². The van der Waals surface area contributed by atoms with Crippen molar-refractivity contribution in [2.75, 3.05) is 9.80 Å². The summed E-state index contributed by atoms with van der Waals surface area (Å²) in [6, 6.07) is 67.0. The molecule has 0 fully saturated rings. The zero-order chi connectivity index (χ0) is 34.4. The highest BCUT2D eigenvalue weighted by Gasteiger charge is 2.23. The van der Waals surface area contributed by atoms with Gasteiger partial charge in [0.2, 0.25) is 0 Å². The molecule has 0 saturated carbocycles. The molecule has 0 amide bonds. The minimum atomic E-state index is 1.13. The summed E-state index contributed by atoms with van der Waals surface area (Å²) < 4.78 is 0. The Labute approximate surface area is 305 Å². The maximum atomic E-state index is 2.44. The summed E-state index contributed by atoms with van der Waals surface area (Å²) in [5, 5.41) is 2.49. The highest BCUT2D eigenvalue weighted by molar-refractivity contribution is 6.10. The van der Waals surface area contributed by atoms with E-state index in [2.05, 4.69) is 192 Å². The molecule has 8 aromatic rings. The van der Waals surface area contributed by atoms with E-state index >= 15 is 0 Å². The van der Waals surface area contributed by atoms with Crippen LogP contribution < -0.4 is 9.80 Å². The van der Waals surface area contributed by atoms with Crippen LogP contribution in [0.1, 0.15) is 22.3 Å². The van der Waals surface area contributed by atoms with Gasteiger partial charge in [-0.05, 0) is 154 Å². The number of fused-ring (bicyclic) bond motifs is 3. The Hall–Kier alpha value is -6.38. The Bertz CT molecular complexity index is 2300. The van der Waals surface area contributed by atoms with Crippen molar-refractivity contribution in [3.05, 3.63) is 204 Å². The zero-order valence-corrected chi connectivity index (χ0v) is 29.0. The Morgan fingerprint density at radius 2 is 0.596 bits per heavy atom. The Balaban J connectivity index is 1.30. The lowest BCUT2D eigenvalue weighted by Gasteiger charge is -2.30. The topological polar surface area (TPSA) is 6.48 Å². The molecule has 8 aromatic carbocycles. The van der Waals surface area contributed by atoms with Gasteiger partial charge in [-0.3, -0.25) is 0 Å². The first-order chi connectivity index (χ1) is 25.8. The molecule has 0 heterocycles. The monoisotopic (exact) mass is 666 g/mol. The van der Waals surface area contributed by atoms with Gasteiger partial charge in [-0.2, -0.15) is 0 Å². The number of para-hydroxylation sites is 4. The second-order valence-corrected chi connectivity index (χ2v) is 14.1. The van der Waals surface area contributed by atoms with Gasteiger partial charge in [-0.15, -0.1) is 0 Å². The van der Waals surface area contributed by atoms with Crippen molar-refractivity contribution in [2.24, 2.45) is 0 Å². The van der Waals surface area contributed by atoms with Gasteiger partial charge in [-0.1, -0.05) is 109 Å². The Morgan fingerprint density at radius 1 is 0.269 bits per heavy atom. The van der Waals surface area contributed by atoms with Gasteiger partial charge >= 0.3 is 0 Å². The van der Waals surface area contributed by atoms with Gasteiger partial charge in [0.1, 0.15) is 0 Å². The normalized spacial score (nSPS) is 12.7. The number of aryl methyl sites for hydroxylation is 4. The molecular formula is C50H38N2. The second-order valence-electron chi connectivity index (χ2n) is 14.1. The molecule has 0 saturated heterocycles. The first-order valence-electron chi connectivity index (χ1n) is 18.4. The molecule has 52 heavy (non-hydrogen) atoms. The third-order valence-corrected chi connectivity index (χ3v) is 11.0. The van der Waals surface area contributed by atoms with Crippen molar-refractivity contribution < 1.29 is 0 Å². The lowest BCUT2D eigenvalue weighted by molar-refractivity contribution is 0.840. The summed E-state index contributed by atoms with van der Waals surface area (Å²) in [7, 11) is 0. The lowest BCUT2D eigenvalue weighted by Crippen LogP contribution is -2.12. The van der Waals surface area contributed by atoms with E-state index in [0.29, 0.717) is 0 Å². The predicted molar refractivity (Wildman–Crippen MR) is 219 cm³/mol. The number of anilines is 6. The quantitative estimate of drug-likeness (QED) is 0.159. The molecule has 248 valence electrons. The minimum Gasteiger partial charge on any atom is -0.310 e. The van der Waals surface area contributed by atoms with Crippen LogP contribution in [-0.4, -0.2) is 0 Å². The average Bonchev–Trinajstić information content (AvgIpc) is 3.17. The first kappa shape index (κ1) is 30.4. The highest BCUT2D eigenvalue weighted by atomic mass is 15.1. The van der Waals surface area contributed by atoms with E-state index in [1.54, 1.807) is 0 Å². The summed E-state index contributed by atoms with van der Waals surface area (Å²) in [6.45, 7) is 0. The molecule has 2 nitrogen and oxygen atoms in total. The van der Waals surface area contributed by atoms with Crippen LogP contribution in [0, 0.1) is 0 Å². The van der Waals surface area contributed by atoms with Crippen molar-refractivity contribution in [3.8, 4) is 22.3 Å². The van der Waals surface area contributed by atoms with Gasteiger partial charge in [0.25, 0.3) is 0 Å². The first-order valence-corrected chi connectivity index (χ1v) is 18.4. The molecule has 0 spiro atoms. The van der Waals surface area contributed by atoms with Crippen LogP contribution in [0.4, 0.5) is 34.1 Å². The van der Waals surface area contributed by atoms with E-state index < -0.39 is 0 Å². The zero-order valence-electron chi connectivity index (χ0n) is 29.0. The summed E-state index contributed by atoms with van der Waals surface area (Å²) in [5.41, 5.74) is 17.7. The number of rotatable bonds is 8. The highest BCUT2D eigenvalue weighted by Crippen LogP contribution is 2.47. The van der Waals surface area contributed by atoms with E-state index in [1.165, 1.54) is 68.1 Å². The number of hydrogen-bond acceptors (Lipinski definition) is 2. The summed E-state index contributed by atoms with van der Waals surface area (Å²) in [6.07, 6.45) is 4.62. The fourth-order valence-electron chi connectivity index (χ4n) is 8.10. The van der Waals surface area contributed by atoms with E-state index in [-0.39, 0.29) is 0 Å². The molecule has 0 N–H and O–H groups in total. The van der Waals surface area contributed by atoms with Crippen molar-refractivity contribution in [3.63, 3.8) is 0 Å². The molecule has 0 radical (unpaired) electrons. The molecule has 0 aliphatic heterocycles. The van der Waals surface area contributed by atoms with Crippen LogP contribution in [0.2, 0.25) is 0 Å². The van der Waals surface area contributed by atoms with Crippen molar-refractivity contribution in [1.29, 1.82) is 0 Å². The van der Waals surface area contributed by atoms with E-state index in [0.717, 1.165) is 47.0 Å². The Morgan fingerprint density at radius 3 is 0.885 bits per heavy atom. The molecule has 10 rings (SSSR count). The lowest BCUT2D eigenvalue weighted by atomic mass is 9.83. The molecule has 0 unspecified atom stereocenters. The number of nitrogens with zero attached hydrogens (tertiary/aromatic N) is 2. The van der Waals surface area contributed by atoms with Crippen LogP contribution >= 0.6 is 0 Å². The second kappa shape index (κ2) is 12.7. The summed E-state index contributed by atoms with van der Waals surface area (Å²) in [4.78, 5) is 4.80. The third kappa shape index (κ3) is 5.36. The van der Waals surface area contributed by atoms with E-state index in [9.17, 15) is 0 Å². The fraction of sp³-hybridized carbons (Fsp3) is 0.0800. The molecular weight excluding hydrogens is 629 g/mol. The van der Waals surface area contributed by atoms with E-state index in [4.69, 9.17) is 0 Å². The van der Waals surface area contributed by atoms with Crippen molar-refractivity contribution in [1.82, 2.24) is 0 Å². The van der Waals surface area contributed by atoms with Gasteiger partial charge in [0.05, 0.1) is 0 Å². The summed E-state index contributed by atoms with van der Waals surface area (Å²) >= 11 is 0. The van der Waals surface area contributed by atoms with Crippen LogP contribution in [0.15, 0.2) is 182 Å². The minimum absolute atomic E-state index is 1.13. The van der Waals surface area contributed by atoms with Crippen molar-refractivity contribution >= 4 is 44.9 Å². The van der Waals surface area contributed by atoms with Gasteiger partial charge in [0.15, 0.2) is 0 Å². The standard InChI is InChI=1S/C50H38N2/c1-5-13-41(14-6-1)51(42-15-7-2-8-16-42)45-31-47(39-27-23-35-21-25-37(35)29-39)50-34-46(52(43-17-9-3-10-18-43)44-19-11-4-12-20-44)32-48(49(50)33-45)40-28-24-36-22-26-38(36)30-40/h1-20,23-24,27-34H,21-22,25-26H2. The Kier molecular flexibility index (Phi) is 7.46. The van der Waals surface area contributed by atoms with Gasteiger partial charge in [-0.25, -0.2) is 0 Å². The molecule has 2 heteroatoms. The molecule has 2 aliphatic rings. The van der Waals surface area contributed by atoms with Gasteiger partial charge < -0.3 is 9.80 Å². The number of hydrogen-bond donors (Lipinski definition) is 0. The third-order valence-electron chi connectivity index (χ3n) is 11.0. The maximum Gasteiger partial charge on any atom is 0.0474 e. The largest absolute Gasteiger partial charge is 0.310 e. The average molecular weight is 667 g/mol. The molecule has 0 aromatic heterocycles. The molecule has 0 bridgehead atoms. The maximum absolute atomic E-state index is 2.44. The number of benzene rings is 8. The SMILES string of the molecule is c1ccc(N(c2ccccc2)c2cc(-c3ccc4c(c3)CC4)c3cc(N(c4ccccc4)c4ccccc4)cc(-c4ccc5c(c4)CC5)c3c2)cc1. The predicted octanol–water partition coefficient (Wildman–Crippen LogP) is 13.3. The smallest absolute Gasteiger partial charge is 0.0474 e.